The lowest BCUT2D eigenvalue weighted by molar-refractivity contribution is 0.0527. The molecule has 2 rings (SSSR count). The van der Waals surface area contributed by atoms with Crippen molar-refractivity contribution in [3.63, 3.8) is 0 Å². The highest BCUT2D eigenvalue weighted by Crippen LogP contribution is 2.44. The van der Waals surface area contributed by atoms with E-state index in [0.717, 1.165) is 6.42 Å². The van der Waals surface area contributed by atoms with Crippen LogP contribution in [0.1, 0.15) is 40.5 Å². The number of fused-ring (bicyclic) bond motifs is 1. The summed E-state index contributed by atoms with van der Waals surface area (Å²) < 4.78 is 4.83. The van der Waals surface area contributed by atoms with Crippen LogP contribution < -0.4 is 5.43 Å². The third-order valence-corrected chi connectivity index (χ3v) is 4.84. The standard InChI is InChI=1S/C13H10Cl4N2O4/c1-2-3-4-23-13(22)18-19-11(20)5-6(12(19)21)8(15)10(17)9(16)7(5)14/h2-4H2,1H3,(H,18,22). The van der Waals surface area contributed by atoms with E-state index in [-0.39, 0.29) is 37.8 Å². The van der Waals surface area contributed by atoms with E-state index in [1.165, 1.54) is 0 Å². The van der Waals surface area contributed by atoms with Crippen LogP contribution in [0.5, 0.6) is 0 Å². The fourth-order valence-electron chi connectivity index (χ4n) is 1.88. The molecule has 1 aliphatic rings. The number of unbranched alkanes of at least 4 members (excludes halogenated alkanes) is 1. The van der Waals surface area contributed by atoms with Gasteiger partial charge in [0.1, 0.15) is 0 Å². The van der Waals surface area contributed by atoms with E-state index >= 15 is 0 Å². The number of ether oxygens (including phenoxy) is 1. The van der Waals surface area contributed by atoms with Gasteiger partial charge in [-0.25, -0.2) is 10.2 Å². The van der Waals surface area contributed by atoms with E-state index in [2.05, 4.69) is 0 Å². The van der Waals surface area contributed by atoms with Gasteiger partial charge in [-0.2, -0.15) is 5.01 Å². The van der Waals surface area contributed by atoms with Gasteiger partial charge in [-0.1, -0.05) is 59.7 Å². The summed E-state index contributed by atoms with van der Waals surface area (Å²) in [4.78, 5) is 36.2. The summed E-state index contributed by atoms with van der Waals surface area (Å²) in [7, 11) is 0. The van der Waals surface area contributed by atoms with Crippen molar-refractivity contribution in [1.82, 2.24) is 10.4 Å². The molecule has 0 fully saturated rings. The number of hydrogen-bond donors (Lipinski definition) is 1. The third kappa shape index (κ3) is 3.21. The van der Waals surface area contributed by atoms with Gasteiger partial charge in [0.2, 0.25) is 0 Å². The van der Waals surface area contributed by atoms with Gasteiger partial charge >= 0.3 is 6.09 Å². The van der Waals surface area contributed by atoms with Crippen LogP contribution in [0.3, 0.4) is 0 Å². The molecule has 1 aliphatic heterocycles. The van der Waals surface area contributed by atoms with Gasteiger partial charge in [0.05, 0.1) is 37.8 Å². The highest BCUT2D eigenvalue weighted by Gasteiger charge is 2.42. The summed E-state index contributed by atoms with van der Waals surface area (Å²) in [5.74, 6) is -1.74. The van der Waals surface area contributed by atoms with Crippen molar-refractivity contribution in [3.05, 3.63) is 31.2 Å². The normalized spacial score (nSPS) is 13.3. The van der Waals surface area contributed by atoms with Crippen molar-refractivity contribution < 1.29 is 19.1 Å². The number of halogens is 4. The van der Waals surface area contributed by atoms with Gasteiger partial charge in [-0.3, -0.25) is 9.59 Å². The molecule has 0 atom stereocenters. The Kier molecular flexibility index (Phi) is 5.62. The lowest BCUT2D eigenvalue weighted by atomic mass is 10.1. The molecule has 0 radical (unpaired) electrons. The zero-order valence-corrected chi connectivity index (χ0v) is 14.7. The number of hydrogen-bond acceptors (Lipinski definition) is 4. The van der Waals surface area contributed by atoms with Crippen molar-refractivity contribution in [2.75, 3.05) is 6.61 Å². The molecular weight excluding hydrogens is 390 g/mol. The zero-order valence-electron chi connectivity index (χ0n) is 11.7. The highest BCUT2D eigenvalue weighted by atomic mass is 35.5. The van der Waals surface area contributed by atoms with Crippen molar-refractivity contribution in [1.29, 1.82) is 0 Å². The van der Waals surface area contributed by atoms with Crippen LogP contribution in [-0.2, 0) is 4.74 Å². The number of nitrogens with one attached hydrogen (secondary N) is 1. The van der Waals surface area contributed by atoms with Gasteiger partial charge < -0.3 is 4.74 Å². The maximum Gasteiger partial charge on any atom is 0.426 e. The van der Waals surface area contributed by atoms with Gasteiger partial charge in [0, 0.05) is 0 Å². The molecule has 124 valence electrons. The molecule has 3 amide bonds. The van der Waals surface area contributed by atoms with E-state index in [1.54, 1.807) is 0 Å². The maximum atomic E-state index is 12.3. The number of nitrogens with zero attached hydrogens (tertiary/aromatic N) is 1. The molecule has 6 nitrogen and oxygen atoms in total. The summed E-state index contributed by atoms with van der Waals surface area (Å²) in [6.07, 6.45) is 0.526. The predicted octanol–water partition coefficient (Wildman–Crippen LogP) is 4.34. The Morgan fingerprint density at radius 2 is 1.48 bits per heavy atom. The number of amides is 3. The lowest BCUT2D eigenvalue weighted by Crippen LogP contribution is -2.46. The molecule has 0 bridgehead atoms. The molecule has 1 N–H and O–H groups in total. The fourth-order valence-corrected chi connectivity index (χ4v) is 2.90. The summed E-state index contributed by atoms with van der Waals surface area (Å²) in [6.45, 7) is 2.08. The van der Waals surface area contributed by atoms with Crippen LogP contribution >= 0.6 is 46.4 Å². The molecule has 0 aromatic heterocycles. The molecule has 0 aliphatic carbocycles. The summed E-state index contributed by atoms with van der Waals surface area (Å²) in [5, 5.41) is -0.254. The van der Waals surface area contributed by atoms with Crippen LogP contribution in [-0.4, -0.2) is 29.5 Å². The molecule has 0 unspecified atom stereocenters. The quantitative estimate of drug-likeness (QED) is 0.353. The molecule has 1 heterocycles. The number of benzene rings is 1. The first kappa shape index (κ1) is 18.1. The summed E-state index contributed by atoms with van der Waals surface area (Å²) in [5.41, 5.74) is 1.61. The first-order chi connectivity index (χ1) is 10.8. The minimum Gasteiger partial charge on any atom is -0.448 e. The third-order valence-electron chi connectivity index (χ3n) is 3.04. The molecule has 0 saturated carbocycles. The highest BCUT2D eigenvalue weighted by molar-refractivity contribution is 6.55. The van der Waals surface area contributed by atoms with Gasteiger partial charge in [0.25, 0.3) is 11.8 Å². The lowest BCUT2D eigenvalue weighted by Gasteiger charge is -2.14. The van der Waals surface area contributed by atoms with Crippen LogP contribution in [0.25, 0.3) is 0 Å². The zero-order chi connectivity index (χ0) is 17.3. The molecule has 1 aromatic rings. The van der Waals surface area contributed by atoms with Crippen LogP contribution in [0.4, 0.5) is 4.79 Å². The minimum atomic E-state index is -0.947. The Labute approximate surface area is 151 Å². The smallest absolute Gasteiger partial charge is 0.426 e. The van der Waals surface area contributed by atoms with Crippen molar-refractivity contribution >= 4 is 64.3 Å². The Bertz CT molecular complexity index is 661. The maximum absolute atomic E-state index is 12.3. The number of hydrazine groups is 1. The number of carbonyl (C=O) groups is 3. The van der Waals surface area contributed by atoms with E-state index in [4.69, 9.17) is 51.1 Å². The average Bonchev–Trinajstić information content (AvgIpc) is 2.76. The molecule has 0 saturated heterocycles. The van der Waals surface area contributed by atoms with Crippen LogP contribution in [0.2, 0.25) is 20.1 Å². The minimum absolute atomic E-state index is 0.148. The molecular formula is C13H10Cl4N2O4. The fraction of sp³-hybridized carbons (Fsp3) is 0.308. The number of carbonyl (C=O) groups excluding carboxylic acids is 3. The predicted molar refractivity (Wildman–Crippen MR) is 86.4 cm³/mol. The Balaban J connectivity index is 2.30. The summed E-state index contributed by atoms with van der Waals surface area (Å²) in [6, 6.07) is 0. The van der Waals surface area contributed by atoms with Crippen molar-refractivity contribution in [2.24, 2.45) is 0 Å². The summed E-state index contributed by atoms with van der Waals surface area (Å²) >= 11 is 23.7. The monoisotopic (exact) mass is 398 g/mol. The van der Waals surface area contributed by atoms with Crippen LogP contribution in [0.15, 0.2) is 0 Å². The molecule has 10 heteroatoms. The topological polar surface area (TPSA) is 75.7 Å². The van der Waals surface area contributed by atoms with Gasteiger partial charge in [-0.15, -0.1) is 0 Å². The average molecular weight is 400 g/mol. The van der Waals surface area contributed by atoms with Gasteiger partial charge in [-0.05, 0) is 6.42 Å². The first-order valence-corrected chi connectivity index (χ1v) is 8.00. The SMILES string of the molecule is CCCCOC(=O)NN1C(=O)c2c(Cl)c(Cl)c(Cl)c(Cl)c2C1=O. The van der Waals surface area contributed by atoms with Gasteiger partial charge in [0.15, 0.2) is 0 Å². The number of imide groups is 1. The van der Waals surface area contributed by atoms with E-state index < -0.39 is 17.9 Å². The van der Waals surface area contributed by atoms with E-state index in [1.807, 2.05) is 12.3 Å². The first-order valence-electron chi connectivity index (χ1n) is 6.49. The van der Waals surface area contributed by atoms with Crippen LogP contribution in [0, 0.1) is 0 Å². The van der Waals surface area contributed by atoms with Crippen molar-refractivity contribution in [2.45, 2.75) is 19.8 Å². The molecule has 0 spiro atoms. The molecule has 1 aromatic carbocycles. The molecule has 23 heavy (non-hydrogen) atoms. The second-order valence-corrected chi connectivity index (χ2v) is 6.06. The van der Waals surface area contributed by atoms with Crippen molar-refractivity contribution in [3.8, 4) is 0 Å². The number of rotatable bonds is 4. The second-order valence-electron chi connectivity index (χ2n) is 4.55. The Morgan fingerprint density at radius 1 is 1.00 bits per heavy atom. The Hall–Kier alpha value is -1.21. The second kappa shape index (κ2) is 7.13. The van der Waals surface area contributed by atoms with E-state index in [9.17, 15) is 14.4 Å². The largest absolute Gasteiger partial charge is 0.448 e. The Morgan fingerprint density at radius 3 is 1.91 bits per heavy atom. The van der Waals surface area contributed by atoms with E-state index in [0.29, 0.717) is 11.4 Å².